The van der Waals surface area contributed by atoms with Crippen LogP contribution in [-0.2, 0) is 19.3 Å². The first-order valence-electron chi connectivity index (χ1n) is 30.9. The summed E-state index contributed by atoms with van der Waals surface area (Å²) in [6, 6.07) is 54.6. The zero-order valence-corrected chi connectivity index (χ0v) is 54.5. The van der Waals surface area contributed by atoms with Crippen molar-refractivity contribution < 1.29 is 0 Å². The number of fused-ring (bicyclic) bond motifs is 6. The molecule has 0 aliphatic heterocycles. The predicted molar refractivity (Wildman–Crippen MR) is 384 cm³/mol. The van der Waals surface area contributed by atoms with E-state index in [0.29, 0.717) is 0 Å². The first-order chi connectivity index (χ1) is 39.5. The fourth-order valence-corrected chi connectivity index (χ4v) is 12.2. The Hall–Kier alpha value is -7.16. The molecule has 0 bridgehead atoms. The van der Waals surface area contributed by atoms with E-state index in [4.69, 9.17) is 0 Å². The summed E-state index contributed by atoms with van der Waals surface area (Å²) in [6.45, 7) is 44.5. The second kappa shape index (κ2) is 32.0. The first kappa shape index (κ1) is 71.3. The van der Waals surface area contributed by atoms with E-state index in [2.05, 4.69) is 280 Å². The van der Waals surface area contributed by atoms with Gasteiger partial charge in [0.1, 0.15) is 0 Å². The lowest BCUT2D eigenvalue weighted by molar-refractivity contribution is 0.531. The third-order valence-corrected chi connectivity index (χ3v) is 19.6. The molecule has 0 saturated carbocycles. The summed E-state index contributed by atoms with van der Waals surface area (Å²) in [6.07, 6.45) is 5.53. The molecule has 9 aromatic carbocycles. The van der Waals surface area contributed by atoms with Crippen LogP contribution in [0, 0.1) is 115 Å². The number of hydrogen-bond donors (Lipinski definition) is 0. The van der Waals surface area contributed by atoms with Crippen LogP contribution < -0.4 is 0 Å². The molecule has 1 aromatic heterocycles. The van der Waals surface area contributed by atoms with Crippen molar-refractivity contribution in [2.75, 3.05) is 0 Å². The molecule has 0 saturated heterocycles. The smallest absolute Gasteiger partial charge is 0.0629 e. The van der Waals surface area contributed by atoms with Gasteiger partial charge in [-0.15, -0.1) is 0 Å². The molecule has 13 rings (SSSR count). The number of rotatable bonds is 0. The molecule has 3 aliphatic carbocycles. The molecule has 10 aromatic rings. The molecule has 2 nitrogen and oxygen atoms in total. The Morgan fingerprint density at radius 2 is 0.721 bits per heavy atom. The van der Waals surface area contributed by atoms with E-state index >= 15 is 0 Å². The highest BCUT2D eigenvalue weighted by Gasteiger charge is 2.29. The van der Waals surface area contributed by atoms with Crippen molar-refractivity contribution in [1.29, 1.82) is 0 Å². The summed E-state index contributed by atoms with van der Waals surface area (Å²) in [7, 11) is 0. The summed E-state index contributed by atoms with van der Waals surface area (Å²) in [4.78, 5) is 0. The number of aromatic nitrogens is 2. The van der Waals surface area contributed by atoms with Crippen molar-refractivity contribution in [2.45, 2.75) is 198 Å². The third kappa shape index (κ3) is 17.1. The second-order valence-corrected chi connectivity index (χ2v) is 25.2. The van der Waals surface area contributed by atoms with E-state index in [0.717, 1.165) is 41.2 Å². The molecule has 0 radical (unpaired) electrons. The van der Waals surface area contributed by atoms with E-state index in [1.165, 1.54) is 124 Å². The molecule has 0 fully saturated rings. The van der Waals surface area contributed by atoms with Gasteiger partial charge in [-0.2, -0.15) is 10.2 Å². The third-order valence-electron chi connectivity index (χ3n) is 19.6. The highest BCUT2D eigenvalue weighted by atomic mass is 15.1. The van der Waals surface area contributed by atoms with Crippen LogP contribution in [0.1, 0.15) is 193 Å². The predicted octanol–water partition coefficient (Wildman–Crippen LogP) is 24.2. The largest absolute Gasteiger partial charge is 0.159 e. The molecule has 0 N–H and O–H groups in total. The van der Waals surface area contributed by atoms with E-state index in [9.17, 15) is 0 Å². The minimum absolute atomic E-state index is 0. The van der Waals surface area contributed by atoms with Gasteiger partial charge in [-0.1, -0.05) is 209 Å². The van der Waals surface area contributed by atoms with Gasteiger partial charge >= 0.3 is 0 Å². The number of nitrogens with zero attached hydrogens (tertiary/aromatic N) is 2. The van der Waals surface area contributed by atoms with Crippen LogP contribution in [0.3, 0.4) is 0 Å². The van der Waals surface area contributed by atoms with Crippen LogP contribution in [0.2, 0.25) is 0 Å². The highest BCUT2D eigenvalue weighted by molar-refractivity contribution is 5.87. The van der Waals surface area contributed by atoms with Gasteiger partial charge in [-0.25, -0.2) is 0 Å². The van der Waals surface area contributed by atoms with E-state index in [1.807, 2.05) is 19.9 Å². The maximum Gasteiger partial charge on any atom is 0.0629 e. The quantitative estimate of drug-likeness (QED) is 0.151. The van der Waals surface area contributed by atoms with Crippen molar-refractivity contribution >= 4 is 32.3 Å². The van der Waals surface area contributed by atoms with Crippen molar-refractivity contribution in [3.8, 4) is 0 Å². The average molecular weight is 1150 g/mol. The van der Waals surface area contributed by atoms with Gasteiger partial charge in [0.25, 0.3) is 0 Å². The van der Waals surface area contributed by atoms with E-state index < -0.39 is 0 Å². The molecule has 2 heteroatoms. The van der Waals surface area contributed by atoms with Crippen molar-refractivity contribution in [2.24, 2.45) is 17.8 Å². The zero-order chi connectivity index (χ0) is 60.4. The van der Waals surface area contributed by atoms with E-state index in [1.54, 1.807) is 39.6 Å². The minimum atomic E-state index is 0. The van der Waals surface area contributed by atoms with Crippen LogP contribution in [0.5, 0.6) is 0 Å². The Bertz CT molecular complexity index is 3680. The molecule has 3 aliphatic rings. The molecule has 6 atom stereocenters. The van der Waals surface area contributed by atoms with Gasteiger partial charge in [-0.05, 0) is 296 Å². The summed E-state index contributed by atoms with van der Waals surface area (Å²) in [5.74, 6) is 4.76. The van der Waals surface area contributed by atoms with Crippen LogP contribution in [0.4, 0.5) is 0 Å². The lowest BCUT2D eigenvalue weighted by Gasteiger charge is -2.13. The molecule has 456 valence electrons. The lowest BCUT2D eigenvalue weighted by atomic mass is 9.92. The fraction of sp³-hybridized carbons (Fsp3) is 0.381. The van der Waals surface area contributed by atoms with Crippen molar-refractivity contribution in [1.82, 2.24) is 10.2 Å². The second-order valence-electron chi connectivity index (χ2n) is 25.2. The SMILES string of the molecule is C.C.C.Cc1cc2c(cc1C)[C@H](C)[C@H](C)C2.Cc1cc2ccccc2cc1C.Cc1ccc2c(c1C)C[C@H](C)[C@@H]2C.Cc1ccc2c(c1C)[C@H](C)[C@H](C)C2.Cc1ccc2ccccc2c1C.Cc1ccc2ccccc2c1C.Cc1ccnnc1C. The Morgan fingerprint density at radius 1 is 0.314 bits per heavy atom. The Morgan fingerprint density at radius 3 is 1.23 bits per heavy atom. The summed E-state index contributed by atoms with van der Waals surface area (Å²) >= 11 is 0. The summed E-state index contributed by atoms with van der Waals surface area (Å²) in [5.41, 5.74) is 28.9. The van der Waals surface area contributed by atoms with Gasteiger partial charge in [0.05, 0.1) is 5.69 Å². The molecule has 86 heavy (non-hydrogen) atoms. The maximum atomic E-state index is 3.83. The first-order valence-corrected chi connectivity index (χ1v) is 30.9. The molecular formula is C84H110N2. The monoisotopic (exact) mass is 1150 g/mol. The van der Waals surface area contributed by atoms with Crippen LogP contribution in [0.25, 0.3) is 32.3 Å². The maximum absolute atomic E-state index is 3.83. The van der Waals surface area contributed by atoms with Gasteiger partial charge < -0.3 is 0 Å². The molecule has 0 spiro atoms. The number of benzene rings is 9. The topological polar surface area (TPSA) is 25.8 Å². The molecule has 0 unspecified atom stereocenters. The standard InChI is InChI=1S/3C13H18.3C12H12.C6H8N2.3CH4/c1-8-5-12-6-10(3)11(4)13(12)7-9(8)2;1-8-5-6-12-11(4)9(2)7-13(12)10(8)3;1-8-5-6-12-7-9(2)11(4)13(12)10(8)3;1-9-7-11-5-3-4-6-12(11)8-10(9)2;2*1-9-7-8-11-5-3-4-6-12(11)10(9)2;1-5-3-4-7-8-6(5)2;;;/h5,7,10-11H,6H2,1-4H3;2*5-6,9,11H,7H2,1-4H3;3*3-8H,1-2H3;3-4H,1-2H3;3*1H4/t10-,11-;2*9-,11-;;;;;;;/m101......./s1. The van der Waals surface area contributed by atoms with Crippen LogP contribution >= 0.6 is 0 Å². The van der Waals surface area contributed by atoms with Gasteiger partial charge in [0, 0.05) is 6.20 Å². The van der Waals surface area contributed by atoms with Crippen molar-refractivity contribution in [3.63, 3.8) is 0 Å². The van der Waals surface area contributed by atoms with Gasteiger partial charge in [0.15, 0.2) is 0 Å². The fourth-order valence-electron chi connectivity index (χ4n) is 12.2. The van der Waals surface area contributed by atoms with Gasteiger partial charge in [-0.3, -0.25) is 0 Å². The Balaban J connectivity index is 0.000000214. The van der Waals surface area contributed by atoms with E-state index in [-0.39, 0.29) is 22.3 Å². The minimum Gasteiger partial charge on any atom is -0.159 e. The Labute approximate surface area is 524 Å². The van der Waals surface area contributed by atoms with Crippen LogP contribution in [0.15, 0.2) is 158 Å². The highest BCUT2D eigenvalue weighted by Crippen LogP contribution is 2.42. The normalized spacial score (nSPS) is 17.1. The summed E-state index contributed by atoms with van der Waals surface area (Å²) < 4.78 is 0. The summed E-state index contributed by atoms with van der Waals surface area (Å²) in [5, 5.41) is 15.6. The number of aryl methyl sites for hydroxylation is 12. The van der Waals surface area contributed by atoms with Crippen molar-refractivity contribution in [3.05, 3.63) is 269 Å². The molecular weight excluding hydrogens is 1040 g/mol. The molecule has 0 amide bonds. The zero-order valence-electron chi connectivity index (χ0n) is 54.5. The molecule has 1 heterocycles. The average Bonchev–Trinajstić information content (AvgIpc) is 2.11. The van der Waals surface area contributed by atoms with Gasteiger partial charge in [0.2, 0.25) is 0 Å². The number of hydrogen-bond acceptors (Lipinski definition) is 2. The van der Waals surface area contributed by atoms with Crippen LogP contribution in [-0.4, -0.2) is 10.2 Å². The lowest BCUT2D eigenvalue weighted by Crippen LogP contribution is -1.99. The Kier molecular flexibility index (Phi) is 26.5.